The number of ether oxygens (including phenoxy) is 1. The fourth-order valence-corrected chi connectivity index (χ4v) is 2.67. The fourth-order valence-electron chi connectivity index (χ4n) is 2.67. The van der Waals surface area contributed by atoms with Gasteiger partial charge in [-0.15, -0.1) is 0 Å². The molecular weight excluding hydrogens is 292 g/mol. The Kier molecular flexibility index (Phi) is 6.44. The van der Waals surface area contributed by atoms with Crippen LogP contribution in [0.5, 0.6) is 5.75 Å². The molecule has 1 fully saturated rings. The van der Waals surface area contributed by atoms with Crippen molar-refractivity contribution in [3.05, 3.63) is 30.3 Å². The van der Waals surface area contributed by atoms with E-state index in [0.717, 1.165) is 31.7 Å². The maximum atomic E-state index is 12.5. The standard InChI is InChI=1S/C18H26N2O3/c1-14(2)17(18(22)20-11-6-7-12-20)19-16(21)10-13-23-15-8-4-3-5-9-15/h3-5,8-9,14,17H,6-7,10-13H2,1-2H3,(H,19,21)/t17-/m0/s1. The van der Waals surface area contributed by atoms with Gasteiger partial charge in [-0.2, -0.15) is 0 Å². The van der Waals surface area contributed by atoms with Crippen LogP contribution in [0, 0.1) is 5.92 Å². The van der Waals surface area contributed by atoms with Crippen molar-refractivity contribution in [1.29, 1.82) is 0 Å². The first-order chi connectivity index (χ1) is 11.1. The molecule has 1 saturated heterocycles. The van der Waals surface area contributed by atoms with Gasteiger partial charge >= 0.3 is 0 Å². The van der Waals surface area contributed by atoms with Crippen molar-refractivity contribution in [3.63, 3.8) is 0 Å². The molecule has 0 aliphatic carbocycles. The Morgan fingerprint density at radius 2 is 1.83 bits per heavy atom. The van der Waals surface area contributed by atoms with E-state index in [-0.39, 0.29) is 24.2 Å². The first-order valence-electron chi connectivity index (χ1n) is 8.34. The summed E-state index contributed by atoms with van der Waals surface area (Å²) in [6, 6.07) is 8.95. The summed E-state index contributed by atoms with van der Waals surface area (Å²) in [5.74, 6) is 0.706. The second kappa shape index (κ2) is 8.56. The molecule has 0 radical (unpaired) electrons. The minimum Gasteiger partial charge on any atom is -0.493 e. The largest absolute Gasteiger partial charge is 0.493 e. The predicted octanol–water partition coefficient (Wildman–Crippen LogP) is 2.22. The van der Waals surface area contributed by atoms with Crippen molar-refractivity contribution < 1.29 is 14.3 Å². The number of hydrogen-bond donors (Lipinski definition) is 1. The van der Waals surface area contributed by atoms with Gasteiger partial charge < -0.3 is 15.0 Å². The molecule has 0 saturated carbocycles. The number of benzene rings is 1. The monoisotopic (exact) mass is 318 g/mol. The molecule has 1 aliphatic heterocycles. The Morgan fingerprint density at radius 3 is 2.43 bits per heavy atom. The van der Waals surface area contributed by atoms with Gasteiger partial charge in [0.1, 0.15) is 11.8 Å². The van der Waals surface area contributed by atoms with E-state index in [9.17, 15) is 9.59 Å². The van der Waals surface area contributed by atoms with Crippen molar-refractivity contribution in [2.24, 2.45) is 5.92 Å². The number of rotatable bonds is 7. The molecule has 2 rings (SSSR count). The highest BCUT2D eigenvalue weighted by Gasteiger charge is 2.29. The van der Waals surface area contributed by atoms with Crippen LogP contribution in [0.15, 0.2) is 30.3 Å². The second-order valence-electron chi connectivity index (χ2n) is 6.23. The van der Waals surface area contributed by atoms with Gasteiger partial charge in [0.2, 0.25) is 11.8 Å². The normalized spacial score (nSPS) is 15.5. The molecule has 1 aliphatic rings. The van der Waals surface area contributed by atoms with Crippen LogP contribution in [-0.4, -0.2) is 42.5 Å². The zero-order valence-corrected chi connectivity index (χ0v) is 14.0. The lowest BCUT2D eigenvalue weighted by molar-refractivity contribution is -0.137. The third kappa shape index (κ3) is 5.27. The maximum absolute atomic E-state index is 12.5. The van der Waals surface area contributed by atoms with Gasteiger partial charge in [-0.25, -0.2) is 0 Å². The molecule has 0 unspecified atom stereocenters. The van der Waals surface area contributed by atoms with Gasteiger partial charge in [0.15, 0.2) is 0 Å². The average Bonchev–Trinajstić information content (AvgIpc) is 3.07. The van der Waals surface area contributed by atoms with Crippen LogP contribution >= 0.6 is 0 Å². The Labute approximate surface area is 138 Å². The van der Waals surface area contributed by atoms with Crippen molar-refractivity contribution in [3.8, 4) is 5.75 Å². The first-order valence-corrected chi connectivity index (χ1v) is 8.34. The zero-order valence-electron chi connectivity index (χ0n) is 14.0. The number of amides is 2. The highest BCUT2D eigenvalue weighted by molar-refractivity contribution is 5.88. The highest BCUT2D eigenvalue weighted by atomic mass is 16.5. The van der Waals surface area contributed by atoms with Crippen molar-refractivity contribution in [2.45, 2.75) is 39.2 Å². The Hall–Kier alpha value is -2.04. The minimum absolute atomic E-state index is 0.0369. The SMILES string of the molecule is CC(C)[C@H](NC(=O)CCOc1ccccc1)C(=O)N1CCCC1. The van der Waals surface area contributed by atoms with E-state index in [1.165, 1.54) is 0 Å². The lowest BCUT2D eigenvalue weighted by Gasteiger charge is -2.26. The highest BCUT2D eigenvalue weighted by Crippen LogP contribution is 2.13. The summed E-state index contributed by atoms with van der Waals surface area (Å²) in [5.41, 5.74) is 0. The molecule has 1 aromatic rings. The van der Waals surface area contributed by atoms with Gasteiger partial charge in [-0.1, -0.05) is 32.0 Å². The molecule has 1 N–H and O–H groups in total. The Balaban J connectivity index is 1.79. The lowest BCUT2D eigenvalue weighted by Crippen LogP contribution is -2.50. The number of nitrogens with zero attached hydrogens (tertiary/aromatic N) is 1. The van der Waals surface area contributed by atoms with E-state index in [0.29, 0.717) is 6.61 Å². The summed E-state index contributed by atoms with van der Waals surface area (Å²) in [7, 11) is 0. The number of carbonyl (C=O) groups is 2. The molecule has 1 heterocycles. The summed E-state index contributed by atoms with van der Waals surface area (Å²) in [5, 5.41) is 2.87. The Morgan fingerprint density at radius 1 is 1.17 bits per heavy atom. The van der Waals surface area contributed by atoms with Gasteiger partial charge in [0.25, 0.3) is 0 Å². The molecule has 2 amide bonds. The van der Waals surface area contributed by atoms with Crippen LogP contribution in [-0.2, 0) is 9.59 Å². The molecule has 0 bridgehead atoms. The van der Waals surface area contributed by atoms with Crippen molar-refractivity contribution in [1.82, 2.24) is 10.2 Å². The molecule has 5 heteroatoms. The van der Waals surface area contributed by atoms with Crippen LogP contribution < -0.4 is 10.1 Å². The van der Waals surface area contributed by atoms with E-state index >= 15 is 0 Å². The molecule has 23 heavy (non-hydrogen) atoms. The summed E-state index contributed by atoms with van der Waals surface area (Å²) < 4.78 is 5.52. The molecule has 5 nitrogen and oxygen atoms in total. The molecular formula is C18H26N2O3. The van der Waals surface area contributed by atoms with Gasteiger partial charge in [-0.3, -0.25) is 9.59 Å². The number of nitrogens with one attached hydrogen (secondary N) is 1. The number of likely N-dealkylation sites (tertiary alicyclic amines) is 1. The quantitative estimate of drug-likeness (QED) is 0.838. The van der Waals surface area contributed by atoms with Crippen LogP contribution in [0.3, 0.4) is 0 Å². The number of carbonyl (C=O) groups excluding carboxylic acids is 2. The van der Waals surface area contributed by atoms with Gasteiger partial charge in [0, 0.05) is 13.1 Å². The molecule has 0 spiro atoms. The van der Waals surface area contributed by atoms with Crippen LogP contribution in [0.4, 0.5) is 0 Å². The molecule has 1 atom stereocenters. The van der Waals surface area contributed by atoms with Crippen LogP contribution in [0.25, 0.3) is 0 Å². The third-order valence-electron chi connectivity index (χ3n) is 4.01. The minimum atomic E-state index is -0.447. The second-order valence-corrected chi connectivity index (χ2v) is 6.23. The van der Waals surface area contributed by atoms with E-state index < -0.39 is 6.04 Å². The van der Waals surface area contributed by atoms with Crippen LogP contribution in [0.2, 0.25) is 0 Å². The summed E-state index contributed by atoms with van der Waals surface area (Å²) >= 11 is 0. The van der Waals surface area contributed by atoms with Crippen LogP contribution in [0.1, 0.15) is 33.1 Å². The maximum Gasteiger partial charge on any atom is 0.245 e. The van der Waals surface area contributed by atoms with E-state index in [1.54, 1.807) is 0 Å². The number of para-hydroxylation sites is 1. The van der Waals surface area contributed by atoms with Crippen molar-refractivity contribution >= 4 is 11.8 Å². The third-order valence-corrected chi connectivity index (χ3v) is 4.01. The first kappa shape index (κ1) is 17.3. The summed E-state index contributed by atoms with van der Waals surface area (Å²) in [6.45, 7) is 5.82. The average molecular weight is 318 g/mol. The summed E-state index contributed by atoms with van der Waals surface area (Å²) in [4.78, 5) is 26.5. The topological polar surface area (TPSA) is 58.6 Å². The van der Waals surface area contributed by atoms with E-state index in [1.807, 2.05) is 49.1 Å². The predicted molar refractivity (Wildman–Crippen MR) is 89.1 cm³/mol. The van der Waals surface area contributed by atoms with Crippen molar-refractivity contribution in [2.75, 3.05) is 19.7 Å². The smallest absolute Gasteiger partial charge is 0.245 e. The molecule has 126 valence electrons. The Bertz CT molecular complexity index is 510. The zero-order chi connectivity index (χ0) is 16.7. The molecule has 0 aromatic heterocycles. The molecule has 1 aromatic carbocycles. The van der Waals surface area contributed by atoms with Gasteiger partial charge in [0.05, 0.1) is 13.0 Å². The summed E-state index contributed by atoms with van der Waals surface area (Å²) in [6.07, 6.45) is 2.34. The van der Waals surface area contributed by atoms with E-state index in [2.05, 4.69) is 5.32 Å². The lowest BCUT2D eigenvalue weighted by atomic mass is 10.0. The van der Waals surface area contributed by atoms with E-state index in [4.69, 9.17) is 4.74 Å². The fraction of sp³-hybridized carbons (Fsp3) is 0.556. The number of hydrogen-bond acceptors (Lipinski definition) is 3. The van der Waals surface area contributed by atoms with Gasteiger partial charge in [-0.05, 0) is 30.9 Å².